The van der Waals surface area contributed by atoms with Crippen molar-refractivity contribution in [1.29, 1.82) is 0 Å². The normalized spacial score (nSPS) is 10.1. The van der Waals surface area contributed by atoms with Crippen LogP contribution in [-0.4, -0.2) is 22.0 Å². The molecule has 0 spiro atoms. The number of carbonyl (C=O) groups is 2. The Morgan fingerprint density at radius 1 is 1.29 bits per heavy atom. The molecule has 0 saturated heterocycles. The number of rotatable bonds is 5. The van der Waals surface area contributed by atoms with E-state index in [-0.39, 0.29) is 18.0 Å². The quantitative estimate of drug-likeness (QED) is 0.886. The SMILES string of the molecule is O=C(CCc1cccnc1)Nc1ccc(C(=O)O)c(F)c1. The first-order valence-corrected chi connectivity index (χ1v) is 6.28. The zero-order valence-electron chi connectivity index (χ0n) is 11.0. The number of aromatic nitrogens is 1. The average molecular weight is 288 g/mol. The highest BCUT2D eigenvalue weighted by Gasteiger charge is 2.11. The minimum atomic E-state index is -1.35. The van der Waals surface area contributed by atoms with Crippen LogP contribution in [0.4, 0.5) is 10.1 Å². The van der Waals surface area contributed by atoms with Crippen LogP contribution in [0.5, 0.6) is 0 Å². The molecule has 0 aliphatic heterocycles. The second-order valence-electron chi connectivity index (χ2n) is 4.41. The lowest BCUT2D eigenvalue weighted by molar-refractivity contribution is -0.116. The van der Waals surface area contributed by atoms with Crippen molar-refractivity contribution in [2.24, 2.45) is 0 Å². The summed E-state index contributed by atoms with van der Waals surface area (Å²) in [6.45, 7) is 0. The topological polar surface area (TPSA) is 79.3 Å². The van der Waals surface area contributed by atoms with Gasteiger partial charge in [-0.1, -0.05) is 6.07 Å². The van der Waals surface area contributed by atoms with Gasteiger partial charge in [0.2, 0.25) is 5.91 Å². The van der Waals surface area contributed by atoms with Gasteiger partial charge in [-0.2, -0.15) is 0 Å². The standard InChI is InChI=1S/C15H13FN2O3/c16-13-8-11(4-5-12(13)15(20)21)18-14(19)6-3-10-2-1-7-17-9-10/h1-2,4-5,7-9H,3,6H2,(H,18,19)(H,20,21). The Balaban J connectivity index is 1.94. The minimum Gasteiger partial charge on any atom is -0.478 e. The molecule has 1 aromatic carbocycles. The molecule has 0 fully saturated rings. The van der Waals surface area contributed by atoms with Crippen molar-refractivity contribution in [3.05, 3.63) is 59.7 Å². The number of hydrogen-bond acceptors (Lipinski definition) is 3. The van der Waals surface area contributed by atoms with E-state index in [9.17, 15) is 14.0 Å². The molecule has 21 heavy (non-hydrogen) atoms. The van der Waals surface area contributed by atoms with E-state index >= 15 is 0 Å². The molecule has 0 bridgehead atoms. The van der Waals surface area contributed by atoms with Crippen molar-refractivity contribution >= 4 is 17.6 Å². The number of anilines is 1. The summed E-state index contributed by atoms with van der Waals surface area (Å²) in [7, 11) is 0. The van der Waals surface area contributed by atoms with Gasteiger partial charge in [-0.25, -0.2) is 9.18 Å². The molecule has 2 N–H and O–H groups in total. The highest BCUT2D eigenvalue weighted by atomic mass is 19.1. The third-order valence-corrected chi connectivity index (χ3v) is 2.85. The Bertz CT molecular complexity index is 659. The Morgan fingerprint density at radius 2 is 2.10 bits per heavy atom. The highest BCUT2D eigenvalue weighted by molar-refractivity contribution is 5.92. The summed E-state index contributed by atoms with van der Waals surface area (Å²) in [6, 6.07) is 7.11. The number of nitrogens with zero attached hydrogens (tertiary/aromatic N) is 1. The first kappa shape index (κ1) is 14.6. The lowest BCUT2D eigenvalue weighted by atomic mass is 10.1. The van der Waals surface area contributed by atoms with E-state index in [4.69, 9.17) is 5.11 Å². The maximum atomic E-state index is 13.5. The van der Waals surface area contributed by atoms with Crippen LogP contribution < -0.4 is 5.32 Å². The molecule has 0 aliphatic rings. The molecule has 0 atom stereocenters. The molecule has 0 radical (unpaired) electrons. The molecule has 1 amide bonds. The Labute approximate surface area is 120 Å². The number of hydrogen-bond donors (Lipinski definition) is 2. The van der Waals surface area contributed by atoms with E-state index in [0.717, 1.165) is 17.7 Å². The molecule has 5 nitrogen and oxygen atoms in total. The lowest BCUT2D eigenvalue weighted by Gasteiger charge is -2.06. The van der Waals surface area contributed by atoms with E-state index in [1.54, 1.807) is 18.5 Å². The van der Waals surface area contributed by atoms with Gasteiger partial charge in [0, 0.05) is 24.5 Å². The summed E-state index contributed by atoms with van der Waals surface area (Å²) >= 11 is 0. The third-order valence-electron chi connectivity index (χ3n) is 2.85. The molecule has 2 aromatic rings. The Hall–Kier alpha value is -2.76. The second kappa shape index (κ2) is 6.60. The van der Waals surface area contributed by atoms with Gasteiger partial charge in [-0.3, -0.25) is 9.78 Å². The van der Waals surface area contributed by atoms with Crippen LogP contribution in [0, 0.1) is 5.82 Å². The van der Waals surface area contributed by atoms with Gasteiger partial charge >= 0.3 is 5.97 Å². The molecule has 2 rings (SSSR count). The first-order valence-electron chi connectivity index (χ1n) is 6.28. The Morgan fingerprint density at radius 3 is 2.71 bits per heavy atom. The maximum absolute atomic E-state index is 13.5. The van der Waals surface area contributed by atoms with Crippen LogP contribution in [0.1, 0.15) is 22.3 Å². The number of amides is 1. The van der Waals surface area contributed by atoms with Crippen molar-refractivity contribution in [3.63, 3.8) is 0 Å². The fourth-order valence-electron chi connectivity index (χ4n) is 1.79. The number of pyridine rings is 1. The van der Waals surface area contributed by atoms with Crippen molar-refractivity contribution in [2.75, 3.05) is 5.32 Å². The second-order valence-corrected chi connectivity index (χ2v) is 4.41. The molecule has 1 heterocycles. The molecular weight excluding hydrogens is 275 g/mol. The van der Waals surface area contributed by atoms with Crippen LogP contribution in [0.2, 0.25) is 0 Å². The molecule has 0 aliphatic carbocycles. The van der Waals surface area contributed by atoms with Gasteiger partial charge in [0.1, 0.15) is 5.82 Å². The van der Waals surface area contributed by atoms with Gasteiger partial charge in [0.15, 0.2) is 0 Å². The highest BCUT2D eigenvalue weighted by Crippen LogP contribution is 2.15. The van der Waals surface area contributed by atoms with Gasteiger partial charge in [0.25, 0.3) is 0 Å². The zero-order valence-corrected chi connectivity index (χ0v) is 11.0. The van der Waals surface area contributed by atoms with Crippen molar-refractivity contribution in [2.45, 2.75) is 12.8 Å². The van der Waals surface area contributed by atoms with Crippen LogP contribution in [-0.2, 0) is 11.2 Å². The van der Waals surface area contributed by atoms with E-state index in [1.807, 2.05) is 6.07 Å². The first-order chi connectivity index (χ1) is 10.1. The number of halogens is 1. The summed E-state index contributed by atoms with van der Waals surface area (Å²) in [5.41, 5.74) is 0.733. The van der Waals surface area contributed by atoms with Gasteiger partial charge in [-0.15, -0.1) is 0 Å². The number of benzene rings is 1. The summed E-state index contributed by atoms with van der Waals surface area (Å²) in [5, 5.41) is 11.2. The van der Waals surface area contributed by atoms with E-state index in [0.29, 0.717) is 6.42 Å². The van der Waals surface area contributed by atoms with Gasteiger partial charge in [0.05, 0.1) is 5.56 Å². The monoisotopic (exact) mass is 288 g/mol. The van der Waals surface area contributed by atoms with Crippen molar-refractivity contribution in [1.82, 2.24) is 4.98 Å². The summed E-state index contributed by atoms with van der Waals surface area (Å²) in [4.78, 5) is 26.4. The Kier molecular flexibility index (Phi) is 4.61. The summed E-state index contributed by atoms with van der Waals surface area (Å²) < 4.78 is 13.5. The predicted octanol–water partition coefficient (Wildman–Crippen LogP) is 2.49. The van der Waals surface area contributed by atoms with Gasteiger partial charge < -0.3 is 10.4 Å². The van der Waals surface area contributed by atoms with Gasteiger partial charge in [-0.05, 0) is 36.2 Å². The third kappa shape index (κ3) is 4.10. The predicted molar refractivity (Wildman–Crippen MR) is 74.5 cm³/mol. The molecule has 0 unspecified atom stereocenters. The summed E-state index contributed by atoms with van der Waals surface area (Å²) in [6.07, 6.45) is 4.08. The maximum Gasteiger partial charge on any atom is 0.338 e. The number of carbonyl (C=O) groups excluding carboxylic acids is 1. The van der Waals surface area contributed by atoms with Crippen LogP contribution >= 0.6 is 0 Å². The lowest BCUT2D eigenvalue weighted by Crippen LogP contribution is -2.13. The average Bonchev–Trinajstić information content (AvgIpc) is 2.46. The molecule has 6 heteroatoms. The van der Waals surface area contributed by atoms with E-state index in [2.05, 4.69) is 10.3 Å². The summed E-state index contributed by atoms with van der Waals surface area (Å²) in [5.74, 6) is -2.50. The van der Waals surface area contributed by atoms with E-state index in [1.165, 1.54) is 6.07 Å². The van der Waals surface area contributed by atoms with Crippen LogP contribution in [0.15, 0.2) is 42.7 Å². The minimum absolute atomic E-state index is 0.230. The smallest absolute Gasteiger partial charge is 0.338 e. The number of carboxylic acid groups (broad SMARTS) is 1. The van der Waals surface area contributed by atoms with Crippen molar-refractivity contribution < 1.29 is 19.1 Å². The number of nitrogens with one attached hydrogen (secondary N) is 1. The zero-order chi connectivity index (χ0) is 15.2. The van der Waals surface area contributed by atoms with Crippen molar-refractivity contribution in [3.8, 4) is 0 Å². The largest absolute Gasteiger partial charge is 0.478 e. The van der Waals surface area contributed by atoms with Crippen LogP contribution in [0.3, 0.4) is 0 Å². The fourth-order valence-corrected chi connectivity index (χ4v) is 1.79. The molecule has 108 valence electrons. The number of aryl methyl sites for hydroxylation is 1. The number of carboxylic acids is 1. The van der Waals surface area contributed by atoms with E-state index < -0.39 is 17.3 Å². The number of aromatic carboxylic acids is 1. The molecular formula is C15H13FN2O3. The van der Waals surface area contributed by atoms with Crippen LogP contribution in [0.25, 0.3) is 0 Å². The molecule has 0 saturated carbocycles. The molecule has 1 aromatic heterocycles. The fraction of sp³-hybridized carbons (Fsp3) is 0.133.